The Balaban J connectivity index is 1.72. The number of nitrogens with one attached hydrogen (secondary N) is 1. The molecule has 21 heavy (non-hydrogen) atoms. The fourth-order valence-corrected chi connectivity index (χ4v) is 3.93. The lowest BCUT2D eigenvalue weighted by Gasteiger charge is -2.31. The Morgan fingerprint density at radius 3 is 2.38 bits per heavy atom. The highest BCUT2D eigenvalue weighted by atomic mass is 15.1. The Kier molecular flexibility index (Phi) is 4.95. The molecule has 0 atom stereocenters. The molecule has 0 spiro atoms. The fraction of sp³-hybridized carbons (Fsp3) is 0.632. The third-order valence-corrected chi connectivity index (χ3v) is 5.14. The zero-order valence-corrected chi connectivity index (χ0v) is 13.1. The van der Waals surface area contributed by atoms with Crippen LogP contribution in [0.5, 0.6) is 0 Å². The van der Waals surface area contributed by atoms with Gasteiger partial charge in [-0.2, -0.15) is 0 Å². The summed E-state index contributed by atoms with van der Waals surface area (Å²) in [5, 5.41) is 8.60. The molecule has 1 saturated carbocycles. The molecule has 2 heteroatoms. The van der Waals surface area contributed by atoms with Gasteiger partial charge < -0.3 is 10.3 Å². The van der Waals surface area contributed by atoms with Crippen molar-refractivity contribution in [1.29, 1.82) is 5.41 Å². The number of para-hydroxylation sites is 1. The molecular weight excluding hydrogens is 256 g/mol. The topological polar surface area (TPSA) is 27.1 Å². The third kappa shape index (κ3) is 3.66. The summed E-state index contributed by atoms with van der Waals surface area (Å²) in [4.78, 5) is 2.49. The number of hydrogen-bond donors (Lipinski definition) is 1. The van der Waals surface area contributed by atoms with Gasteiger partial charge in [0.15, 0.2) is 0 Å². The van der Waals surface area contributed by atoms with E-state index in [9.17, 15) is 0 Å². The van der Waals surface area contributed by atoms with E-state index in [2.05, 4.69) is 29.2 Å². The minimum atomic E-state index is 0.751. The van der Waals surface area contributed by atoms with Gasteiger partial charge in [0.25, 0.3) is 0 Å². The fourth-order valence-electron chi connectivity index (χ4n) is 3.93. The molecule has 0 radical (unpaired) electrons. The minimum absolute atomic E-state index is 0.751. The molecule has 114 valence electrons. The Bertz CT molecular complexity index is 468. The van der Waals surface area contributed by atoms with E-state index >= 15 is 0 Å². The standard InChI is InChI=1S/C19H28N2/c20-18(15-16-9-3-1-4-10-16)17-11-5-6-12-19(17)21-13-7-2-8-14-21/h5-6,11-12,16,20H,1-4,7-10,13-15H2. The molecule has 2 fully saturated rings. The van der Waals surface area contributed by atoms with Crippen LogP contribution in [0.4, 0.5) is 5.69 Å². The molecule has 0 amide bonds. The van der Waals surface area contributed by atoms with E-state index in [1.165, 1.54) is 62.6 Å². The molecule has 1 aromatic carbocycles. The van der Waals surface area contributed by atoms with Crippen LogP contribution in [0.2, 0.25) is 0 Å². The van der Waals surface area contributed by atoms with E-state index in [0.717, 1.165) is 31.1 Å². The van der Waals surface area contributed by atoms with Gasteiger partial charge in [-0.3, -0.25) is 0 Å². The van der Waals surface area contributed by atoms with Gasteiger partial charge >= 0.3 is 0 Å². The average Bonchev–Trinajstić information content (AvgIpc) is 2.56. The van der Waals surface area contributed by atoms with E-state index < -0.39 is 0 Å². The van der Waals surface area contributed by atoms with Crippen LogP contribution in [-0.4, -0.2) is 18.8 Å². The number of benzene rings is 1. The highest BCUT2D eigenvalue weighted by Crippen LogP contribution is 2.30. The van der Waals surface area contributed by atoms with Crippen molar-refractivity contribution < 1.29 is 0 Å². The lowest BCUT2D eigenvalue weighted by atomic mass is 9.84. The monoisotopic (exact) mass is 284 g/mol. The van der Waals surface area contributed by atoms with Gasteiger partial charge in [-0.25, -0.2) is 0 Å². The summed E-state index contributed by atoms with van der Waals surface area (Å²) in [6, 6.07) is 8.60. The van der Waals surface area contributed by atoms with Gasteiger partial charge in [0.2, 0.25) is 0 Å². The van der Waals surface area contributed by atoms with E-state index in [1.807, 2.05) is 0 Å². The van der Waals surface area contributed by atoms with Crippen LogP contribution in [0.25, 0.3) is 0 Å². The number of rotatable bonds is 4. The molecule has 1 aliphatic heterocycles. The Hall–Kier alpha value is -1.31. The van der Waals surface area contributed by atoms with E-state index in [0.29, 0.717) is 0 Å². The van der Waals surface area contributed by atoms with Crippen molar-refractivity contribution in [3.8, 4) is 0 Å². The molecule has 2 nitrogen and oxygen atoms in total. The van der Waals surface area contributed by atoms with Crippen molar-refractivity contribution >= 4 is 11.4 Å². The summed E-state index contributed by atoms with van der Waals surface area (Å²) in [6.07, 6.45) is 11.7. The maximum absolute atomic E-state index is 8.60. The SMILES string of the molecule is N=C(CC1CCCCC1)c1ccccc1N1CCCCC1. The van der Waals surface area contributed by atoms with Gasteiger partial charge in [-0.15, -0.1) is 0 Å². The van der Waals surface area contributed by atoms with Crippen molar-refractivity contribution in [3.63, 3.8) is 0 Å². The summed E-state index contributed by atoms with van der Waals surface area (Å²) >= 11 is 0. The van der Waals surface area contributed by atoms with Crippen LogP contribution >= 0.6 is 0 Å². The lowest BCUT2D eigenvalue weighted by Crippen LogP contribution is -2.30. The highest BCUT2D eigenvalue weighted by Gasteiger charge is 2.20. The van der Waals surface area contributed by atoms with Crippen LogP contribution < -0.4 is 4.90 Å². The average molecular weight is 284 g/mol. The first-order valence-corrected chi connectivity index (χ1v) is 8.76. The van der Waals surface area contributed by atoms with Gasteiger partial charge in [-0.1, -0.05) is 50.3 Å². The van der Waals surface area contributed by atoms with Crippen LogP contribution in [0.15, 0.2) is 24.3 Å². The summed E-state index contributed by atoms with van der Waals surface area (Å²) in [7, 11) is 0. The third-order valence-electron chi connectivity index (χ3n) is 5.14. The summed E-state index contributed by atoms with van der Waals surface area (Å²) in [6.45, 7) is 2.32. The highest BCUT2D eigenvalue weighted by molar-refractivity contribution is 6.03. The largest absolute Gasteiger partial charge is 0.371 e. The minimum Gasteiger partial charge on any atom is -0.371 e. The predicted octanol–water partition coefficient (Wildman–Crippen LogP) is 5.02. The second-order valence-electron chi connectivity index (χ2n) is 6.75. The first-order chi connectivity index (χ1) is 10.3. The number of piperidine rings is 1. The molecule has 1 saturated heterocycles. The van der Waals surface area contributed by atoms with Gasteiger partial charge in [0.05, 0.1) is 0 Å². The molecule has 1 N–H and O–H groups in total. The molecule has 0 aromatic heterocycles. The molecule has 0 bridgehead atoms. The Labute approximate surface area is 129 Å². The number of anilines is 1. The molecular formula is C19H28N2. The maximum Gasteiger partial charge on any atom is 0.0458 e. The summed E-state index contributed by atoms with van der Waals surface area (Å²) < 4.78 is 0. The first kappa shape index (κ1) is 14.6. The van der Waals surface area contributed by atoms with Crippen molar-refractivity contribution in [2.24, 2.45) is 5.92 Å². The number of nitrogens with zero attached hydrogens (tertiary/aromatic N) is 1. The zero-order chi connectivity index (χ0) is 14.5. The molecule has 1 aromatic rings. The van der Waals surface area contributed by atoms with Gasteiger partial charge in [-0.05, 0) is 37.7 Å². The Morgan fingerprint density at radius 2 is 1.62 bits per heavy atom. The number of hydrogen-bond acceptors (Lipinski definition) is 2. The molecule has 2 aliphatic rings. The molecule has 3 rings (SSSR count). The van der Waals surface area contributed by atoms with E-state index in [-0.39, 0.29) is 0 Å². The van der Waals surface area contributed by atoms with Crippen LogP contribution in [0, 0.1) is 11.3 Å². The zero-order valence-electron chi connectivity index (χ0n) is 13.1. The van der Waals surface area contributed by atoms with Crippen LogP contribution in [0.3, 0.4) is 0 Å². The first-order valence-electron chi connectivity index (χ1n) is 8.76. The van der Waals surface area contributed by atoms with Crippen LogP contribution in [0.1, 0.15) is 63.4 Å². The second kappa shape index (κ2) is 7.11. The predicted molar refractivity (Wildman–Crippen MR) is 90.5 cm³/mol. The van der Waals surface area contributed by atoms with Gasteiger partial charge in [0.1, 0.15) is 0 Å². The molecule has 0 unspecified atom stereocenters. The van der Waals surface area contributed by atoms with E-state index in [4.69, 9.17) is 5.41 Å². The van der Waals surface area contributed by atoms with E-state index in [1.54, 1.807) is 0 Å². The lowest BCUT2D eigenvalue weighted by molar-refractivity contribution is 0.368. The smallest absolute Gasteiger partial charge is 0.0458 e. The maximum atomic E-state index is 8.60. The Morgan fingerprint density at radius 1 is 0.952 bits per heavy atom. The van der Waals surface area contributed by atoms with Crippen molar-refractivity contribution in [2.45, 2.75) is 57.8 Å². The normalized spacial score (nSPS) is 20.5. The summed E-state index contributed by atoms with van der Waals surface area (Å²) in [5.41, 5.74) is 3.35. The quantitative estimate of drug-likeness (QED) is 0.773. The molecule has 1 aliphatic carbocycles. The van der Waals surface area contributed by atoms with Crippen LogP contribution in [-0.2, 0) is 0 Å². The molecule has 1 heterocycles. The van der Waals surface area contributed by atoms with Crippen molar-refractivity contribution in [1.82, 2.24) is 0 Å². The van der Waals surface area contributed by atoms with Crippen molar-refractivity contribution in [2.75, 3.05) is 18.0 Å². The van der Waals surface area contributed by atoms with Gasteiger partial charge in [0, 0.05) is 30.1 Å². The second-order valence-corrected chi connectivity index (χ2v) is 6.75. The van der Waals surface area contributed by atoms with Crippen molar-refractivity contribution in [3.05, 3.63) is 29.8 Å². The summed E-state index contributed by atoms with van der Waals surface area (Å²) in [5.74, 6) is 0.751.